The molecule has 2 aromatic rings. The average molecular weight is 355 g/mol. The Morgan fingerprint density at radius 3 is 2.46 bits per heavy atom. The molecule has 1 fully saturated rings. The number of hydrogen-bond donors (Lipinski definition) is 1. The van der Waals surface area contributed by atoms with Crippen LogP contribution in [0.3, 0.4) is 0 Å². The molecule has 1 aromatic heterocycles. The molecule has 1 N–H and O–H groups in total. The molecule has 0 bridgehead atoms. The zero-order valence-electron chi connectivity index (χ0n) is 15.3. The number of hydrogen-bond acceptors (Lipinski definition) is 5. The van der Waals surface area contributed by atoms with Gasteiger partial charge in [-0.05, 0) is 37.5 Å². The minimum atomic E-state index is -0.171. The molecule has 3 rings (SSSR count). The molecular weight excluding hydrogens is 330 g/mol. The van der Waals surface area contributed by atoms with Crippen molar-refractivity contribution in [3.63, 3.8) is 0 Å². The second kappa shape index (κ2) is 8.56. The maximum Gasteiger partial charge on any atom is 0.251 e. The monoisotopic (exact) mass is 355 g/mol. The molecule has 1 aromatic carbocycles. The SMILES string of the molecule is COc1cc(OC)cc(C(=O)NCc2cccnc2N2CCCCC2)c1. The van der Waals surface area contributed by atoms with Crippen molar-refractivity contribution in [2.24, 2.45) is 0 Å². The van der Waals surface area contributed by atoms with Crippen LogP contribution >= 0.6 is 0 Å². The Morgan fingerprint density at radius 1 is 1.12 bits per heavy atom. The highest BCUT2D eigenvalue weighted by atomic mass is 16.5. The molecule has 1 aliphatic rings. The molecule has 0 spiro atoms. The van der Waals surface area contributed by atoms with Crippen LogP contribution in [0.1, 0.15) is 35.2 Å². The lowest BCUT2D eigenvalue weighted by molar-refractivity contribution is 0.0950. The van der Waals surface area contributed by atoms with Crippen LogP contribution < -0.4 is 19.7 Å². The van der Waals surface area contributed by atoms with Gasteiger partial charge < -0.3 is 19.7 Å². The van der Waals surface area contributed by atoms with Gasteiger partial charge in [-0.3, -0.25) is 4.79 Å². The van der Waals surface area contributed by atoms with Crippen molar-refractivity contribution in [1.29, 1.82) is 0 Å². The van der Waals surface area contributed by atoms with Gasteiger partial charge in [0.05, 0.1) is 14.2 Å². The highest BCUT2D eigenvalue weighted by Gasteiger charge is 2.16. The predicted octanol–water partition coefficient (Wildman–Crippen LogP) is 3.02. The Morgan fingerprint density at radius 2 is 1.81 bits per heavy atom. The van der Waals surface area contributed by atoms with Crippen molar-refractivity contribution in [2.45, 2.75) is 25.8 Å². The van der Waals surface area contributed by atoms with Gasteiger partial charge in [-0.25, -0.2) is 4.98 Å². The first-order chi connectivity index (χ1) is 12.7. The number of nitrogens with zero attached hydrogens (tertiary/aromatic N) is 2. The van der Waals surface area contributed by atoms with E-state index in [1.165, 1.54) is 19.3 Å². The van der Waals surface area contributed by atoms with Crippen LogP contribution in [0, 0.1) is 0 Å². The number of pyridine rings is 1. The number of anilines is 1. The number of aromatic nitrogens is 1. The van der Waals surface area contributed by atoms with E-state index in [0.717, 1.165) is 24.5 Å². The zero-order valence-corrected chi connectivity index (χ0v) is 15.3. The maximum absolute atomic E-state index is 12.6. The van der Waals surface area contributed by atoms with Crippen LogP contribution in [0.25, 0.3) is 0 Å². The Hall–Kier alpha value is -2.76. The molecule has 138 valence electrons. The van der Waals surface area contributed by atoms with E-state index >= 15 is 0 Å². The highest BCUT2D eigenvalue weighted by Crippen LogP contribution is 2.24. The van der Waals surface area contributed by atoms with Gasteiger partial charge in [-0.1, -0.05) is 6.07 Å². The summed E-state index contributed by atoms with van der Waals surface area (Å²) in [5.74, 6) is 1.97. The summed E-state index contributed by atoms with van der Waals surface area (Å²) in [5.41, 5.74) is 1.53. The summed E-state index contributed by atoms with van der Waals surface area (Å²) in [6, 6.07) is 9.07. The lowest BCUT2D eigenvalue weighted by Gasteiger charge is -2.29. The van der Waals surface area contributed by atoms with E-state index in [4.69, 9.17) is 9.47 Å². The minimum absolute atomic E-state index is 0.171. The molecular formula is C20H25N3O3. The molecule has 0 atom stereocenters. The summed E-state index contributed by atoms with van der Waals surface area (Å²) in [5, 5.41) is 2.98. The first-order valence-corrected chi connectivity index (χ1v) is 8.91. The van der Waals surface area contributed by atoms with E-state index in [0.29, 0.717) is 23.6 Å². The molecule has 0 saturated carbocycles. The van der Waals surface area contributed by atoms with Crippen molar-refractivity contribution in [3.05, 3.63) is 47.7 Å². The molecule has 1 aliphatic heterocycles. The van der Waals surface area contributed by atoms with Crippen molar-refractivity contribution in [1.82, 2.24) is 10.3 Å². The van der Waals surface area contributed by atoms with E-state index in [9.17, 15) is 4.79 Å². The fraction of sp³-hybridized carbons (Fsp3) is 0.400. The number of carbonyl (C=O) groups excluding carboxylic acids is 1. The summed E-state index contributed by atoms with van der Waals surface area (Å²) in [6.07, 6.45) is 5.45. The Kier molecular flexibility index (Phi) is 5.94. The van der Waals surface area contributed by atoms with Gasteiger partial charge in [-0.15, -0.1) is 0 Å². The maximum atomic E-state index is 12.6. The standard InChI is InChI=1S/C20H25N3O3/c1-25-17-11-16(12-18(13-17)26-2)20(24)22-14-15-7-6-8-21-19(15)23-9-4-3-5-10-23/h6-8,11-13H,3-5,9-10,14H2,1-2H3,(H,22,24). The normalized spacial score (nSPS) is 14.0. The van der Waals surface area contributed by atoms with Crippen molar-refractivity contribution < 1.29 is 14.3 Å². The zero-order chi connectivity index (χ0) is 18.4. The second-order valence-corrected chi connectivity index (χ2v) is 6.32. The highest BCUT2D eigenvalue weighted by molar-refractivity contribution is 5.95. The fourth-order valence-corrected chi connectivity index (χ4v) is 3.17. The van der Waals surface area contributed by atoms with E-state index < -0.39 is 0 Å². The van der Waals surface area contributed by atoms with Crippen LogP contribution in [0.15, 0.2) is 36.5 Å². The quantitative estimate of drug-likeness (QED) is 0.863. The Labute approximate surface area is 154 Å². The number of rotatable bonds is 6. The molecule has 6 nitrogen and oxygen atoms in total. The first-order valence-electron chi connectivity index (χ1n) is 8.91. The molecule has 26 heavy (non-hydrogen) atoms. The van der Waals surface area contributed by atoms with Gasteiger partial charge in [-0.2, -0.15) is 0 Å². The van der Waals surface area contributed by atoms with Crippen LogP contribution in [0.5, 0.6) is 11.5 Å². The van der Waals surface area contributed by atoms with Crippen LogP contribution in [0.2, 0.25) is 0 Å². The number of amides is 1. The number of methoxy groups -OCH3 is 2. The molecule has 2 heterocycles. The van der Waals surface area contributed by atoms with Crippen LogP contribution in [-0.4, -0.2) is 38.2 Å². The smallest absolute Gasteiger partial charge is 0.251 e. The third-order valence-electron chi connectivity index (χ3n) is 4.58. The van der Waals surface area contributed by atoms with Gasteiger partial charge in [0.25, 0.3) is 5.91 Å². The largest absolute Gasteiger partial charge is 0.497 e. The van der Waals surface area contributed by atoms with E-state index in [-0.39, 0.29) is 5.91 Å². The number of piperidine rings is 1. The number of ether oxygens (including phenoxy) is 2. The van der Waals surface area contributed by atoms with Gasteiger partial charge in [0, 0.05) is 43.0 Å². The summed E-state index contributed by atoms with van der Waals surface area (Å²) >= 11 is 0. The molecule has 1 saturated heterocycles. The lowest BCUT2D eigenvalue weighted by Crippen LogP contribution is -2.32. The summed E-state index contributed by atoms with van der Waals surface area (Å²) in [6.45, 7) is 2.47. The van der Waals surface area contributed by atoms with Gasteiger partial charge in [0.15, 0.2) is 0 Å². The number of carbonyl (C=O) groups is 1. The van der Waals surface area contributed by atoms with Crippen molar-refractivity contribution >= 4 is 11.7 Å². The summed E-state index contributed by atoms with van der Waals surface area (Å²) < 4.78 is 10.5. The second-order valence-electron chi connectivity index (χ2n) is 6.32. The third-order valence-corrected chi connectivity index (χ3v) is 4.58. The Balaban J connectivity index is 1.72. The van der Waals surface area contributed by atoms with Crippen LogP contribution in [0.4, 0.5) is 5.82 Å². The van der Waals surface area contributed by atoms with Crippen molar-refractivity contribution in [3.8, 4) is 11.5 Å². The van der Waals surface area contributed by atoms with Gasteiger partial charge in [0.1, 0.15) is 17.3 Å². The molecule has 1 amide bonds. The molecule has 0 radical (unpaired) electrons. The Bertz CT molecular complexity index is 735. The predicted molar refractivity (Wildman–Crippen MR) is 101 cm³/mol. The van der Waals surface area contributed by atoms with E-state index in [1.807, 2.05) is 18.3 Å². The summed E-state index contributed by atoms with van der Waals surface area (Å²) in [7, 11) is 3.13. The molecule has 0 aliphatic carbocycles. The van der Waals surface area contributed by atoms with Gasteiger partial charge >= 0.3 is 0 Å². The topological polar surface area (TPSA) is 63.7 Å². The van der Waals surface area contributed by atoms with Crippen LogP contribution in [-0.2, 0) is 6.54 Å². The first kappa shape index (κ1) is 18.0. The van der Waals surface area contributed by atoms with Crippen molar-refractivity contribution in [2.75, 3.05) is 32.2 Å². The minimum Gasteiger partial charge on any atom is -0.497 e. The number of benzene rings is 1. The third kappa shape index (κ3) is 4.25. The average Bonchev–Trinajstić information content (AvgIpc) is 2.72. The van der Waals surface area contributed by atoms with E-state index in [2.05, 4.69) is 15.2 Å². The molecule has 6 heteroatoms. The fourth-order valence-electron chi connectivity index (χ4n) is 3.17. The van der Waals surface area contributed by atoms with Gasteiger partial charge in [0.2, 0.25) is 0 Å². The number of nitrogens with one attached hydrogen (secondary N) is 1. The lowest BCUT2D eigenvalue weighted by atomic mass is 10.1. The molecule has 0 unspecified atom stereocenters. The summed E-state index contributed by atoms with van der Waals surface area (Å²) in [4.78, 5) is 19.4. The van der Waals surface area contributed by atoms with E-state index in [1.54, 1.807) is 32.4 Å².